The van der Waals surface area contributed by atoms with Crippen LogP contribution in [-0.4, -0.2) is 22.3 Å². The van der Waals surface area contributed by atoms with Crippen molar-refractivity contribution in [3.8, 4) is 0 Å². The van der Waals surface area contributed by atoms with Gasteiger partial charge in [0.1, 0.15) is 5.69 Å². The van der Waals surface area contributed by atoms with E-state index in [-0.39, 0.29) is 17.4 Å². The number of hydrogen-bond donors (Lipinski definition) is 1. The lowest BCUT2D eigenvalue weighted by Gasteiger charge is -2.31. The number of rotatable bonds is 4. The first-order chi connectivity index (χ1) is 9.91. The van der Waals surface area contributed by atoms with Crippen molar-refractivity contribution in [2.24, 2.45) is 5.41 Å². The van der Waals surface area contributed by atoms with E-state index >= 15 is 0 Å². The first-order valence-electron chi connectivity index (χ1n) is 7.14. The summed E-state index contributed by atoms with van der Waals surface area (Å²) in [5, 5.41) is 5.01. The quantitative estimate of drug-likeness (QED) is 0.842. The Morgan fingerprint density at radius 3 is 2.62 bits per heavy atom. The summed E-state index contributed by atoms with van der Waals surface area (Å²) in [5.74, 6) is -0.110. The van der Waals surface area contributed by atoms with Crippen LogP contribution in [0.4, 0.5) is 0 Å². The van der Waals surface area contributed by atoms with Gasteiger partial charge in [-0.1, -0.05) is 61.0 Å². The van der Waals surface area contributed by atoms with Crippen LogP contribution in [0.2, 0.25) is 0 Å². The number of carbonyl (C=O) groups excluding carboxylic acids is 1. The van der Waals surface area contributed by atoms with Gasteiger partial charge in [-0.2, -0.15) is 0 Å². The smallest absolute Gasteiger partial charge is 0.270 e. The van der Waals surface area contributed by atoms with Gasteiger partial charge < -0.3 is 5.32 Å². The molecule has 1 unspecified atom stereocenters. The molecule has 1 amide bonds. The van der Waals surface area contributed by atoms with Gasteiger partial charge in [0.25, 0.3) is 5.91 Å². The third-order valence-electron chi connectivity index (χ3n) is 3.58. The molecule has 21 heavy (non-hydrogen) atoms. The van der Waals surface area contributed by atoms with E-state index in [4.69, 9.17) is 0 Å². The number of nitrogens with zero attached hydrogens (tertiary/aromatic N) is 1. The van der Waals surface area contributed by atoms with E-state index in [0.29, 0.717) is 5.69 Å². The second-order valence-corrected chi connectivity index (χ2v) is 7.05. The predicted molar refractivity (Wildman–Crippen MR) is 90.9 cm³/mol. The van der Waals surface area contributed by atoms with Gasteiger partial charge in [-0.3, -0.25) is 4.79 Å². The molecule has 2 rings (SSSR count). The molecule has 0 aliphatic heterocycles. The third kappa shape index (κ3) is 4.03. The van der Waals surface area contributed by atoms with E-state index in [1.807, 2.05) is 30.3 Å². The average molecular weight is 349 g/mol. The van der Waals surface area contributed by atoms with Gasteiger partial charge in [0.15, 0.2) is 0 Å². The zero-order valence-corrected chi connectivity index (χ0v) is 14.3. The molecule has 1 aromatic carbocycles. The highest BCUT2D eigenvalue weighted by molar-refractivity contribution is 9.09. The molecule has 1 atom stereocenters. The van der Waals surface area contributed by atoms with Crippen molar-refractivity contribution in [3.05, 3.63) is 42.1 Å². The summed E-state index contributed by atoms with van der Waals surface area (Å²) in [6.45, 7) is 6.40. The van der Waals surface area contributed by atoms with Crippen LogP contribution in [0.15, 0.2) is 36.4 Å². The molecule has 4 heteroatoms. The Morgan fingerprint density at radius 2 is 1.95 bits per heavy atom. The Bertz CT molecular complexity index is 634. The molecule has 0 aliphatic carbocycles. The number of carbonyl (C=O) groups is 1. The Kier molecular flexibility index (Phi) is 4.99. The molecule has 0 aliphatic rings. The van der Waals surface area contributed by atoms with Gasteiger partial charge in [-0.25, -0.2) is 4.98 Å². The molecule has 0 bridgehead atoms. The molecule has 112 valence electrons. The van der Waals surface area contributed by atoms with E-state index in [0.717, 1.165) is 22.7 Å². The van der Waals surface area contributed by atoms with Crippen LogP contribution < -0.4 is 5.32 Å². The first kappa shape index (κ1) is 16.0. The predicted octanol–water partition coefficient (Wildman–Crippen LogP) is 4.16. The molecule has 2 aromatic rings. The molecule has 0 spiro atoms. The maximum absolute atomic E-state index is 12.4. The van der Waals surface area contributed by atoms with Gasteiger partial charge in [0.05, 0.1) is 5.52 Å². The topological polar surface area (TPSA) is 42.0 Å². The first-order valence-corrected chi connectivity index (χ1v) is 8.26. The number of halogens is 1. The normalized spacial score (nSPS) is 13.1. The molecule has 0 saturated heterocycles. The summed E-state index contributed by atoms with van der Waals surface area (Å²) < 4.78 is 0. The highest BCUT2D eigenvalue weighted by atomic mass is 79.9. The van der Waals surface area contributed by atoms with Gasteiger partial charge in [-0.15, -0.1) is 0 Å². The number of benzene rings is 1. The SMILES string of the molecule is CC(C)(C)C(CCBr)NC(=O)c1ccc2ccccc2n1. The largest absolute Gasteiger partial charge is 0.347 e. The molecule has 1 N–H and O–H groups in total. The number of alkyl halides is 1. The molecule has 0 fully saturated rings. The summed E-state index contributed by atoms with van der Waals surface area (Å²) in [6, 6.07) is 11.6. The van der Waals surface area contributed by atoms with Crippen LogP contribution in [0.1, 0.15) is 37.7 Å². The van der Waals surface area contributed by atoms with Crippen molar-refractivity contribution in [1.29, 1.82) is 0 Å². The average Bonchev–Trinajstić information content (AvgIpc) is 2.45. The van der Waals surface area contributed by atoms with E-state index < -0.39 is 0 Å². The second kappa shape index (κ2) is 6.56. The van der Waals surface area contributed by atoms with Crippen molar-refractivity contribution in [1.82, 2.24) is 10.3 Å². The minimum absolute atomic E-state index is 0.0142. The molecule has 1 aromatic heterocycles. The number of pyridine rings is 1. The Labute approximate surface area is 134 Å². The van der Waals surface area contributed by atoms with Crippen LogP contribution >= 0.6 is 15.9 Å². The van der Waals surface area contributed by atoms with Crippen molar-refractivity contribution in [2.75, 3.05) is 5.33 Å². The van der Waals surface area contributed by atoms with Crippen LogP contribution in [0, 0.1) is 5.41 Å². The fourth-order valence-corrected chi connectivity index (χ4v) is 2.71. The number of amides is 1. The fourth-order valence-electron chi connectivity index (χ4n) is 2.26. The number of para-hydroxylation sites is 1. The van der Waals surface area contributed by atoms with Crippen LogP contribution in [0.3, 0.4) is 0 Å². The van der Waals surface area contributed by atoms with Gasteiger partial charge in [-0.05, 0) is 24.0 Å². The molecule has 0 radical (unpaired) electrons. The molecule has 0 saturated carbocycles. The summed E-state index contributed by atoms with van der Waals surface area (Å²) in [5.41, 5.74) is 1.33. The summed E-state index contributed by atoms with van der Waals surface area (Å²) >= 11 is 3.45. The number of hydrogen-bond acceptors (Lipinski definition) is 2. The number of fused-ring (bicyclic) bond motifs is 1. The molecule has 3 nitrogen and oxygen atoms in total. The minimum atomic E-state index is -0.110. The summed E-state index contributed by atoms with van der Waals surface area (Å²) in [6.07, 6.45) is 0.892. The second-order valence-electron chi connectivity index (χ2n) is 6.26. The van der Waals surface area contributed by atoms with Crippen LogP contribution in [0.25, 0.3) is 10.9 Å². The van der Waals surface area contributed by atoms with Crippen molar-refractivity contribution in [2.45, 2.75) is 33.2 Å². The third-order valence-corrected chi connectivity index (χ3v) is 4.04. The highest BCUT2D eigenvalue weighted by Gasteiger charge is 2.26. The van der Waals surface area contributed by atoms with E-state index in [1.165, 1.54) is 0 Å². The lowest BCUT2D eigenvalue weighted by molar-refractivity contribution is 0.0896. The highest BCUT2D eigenvalue weighted by Crippen LogP contribution is 2.23. The maximum Gasteiger partial charge on any atom is 0.270 e. The minimum Gasteiger partial charge on any atom is -0.347 e. The summed E-state index contributed by atoms with van der Waals surface area (Å²) in [4.78, 5) is 16.9. The van der Waals surface area contributed by atoms with E-state index in [2.05, 4.69) is 47.0 Å². The standard InChI is InChI=1S/C17H21BrN2O/c1-17(2,3)15(10-11-18)20-16(21)14-9-8-12-6-4-5-7-13(12)19-14/h4-9,15H,10-11H2,1-3H3,(H,20,21). The van der Waals surface area contributed by atoms with Gasteiger partial charge in [0, 0.05) is 16.8 Å². The van der Waals surface area contributed by atoms with Gasteiger partial charge in [0.2, 0.25) is 0 Å². The maximum atomic E-state index is 12.4. The van der Waals surface area contributed by atoms with Crippen molar-refractivity contribution >= 4 is 32.7 Å². The fraction of sp³-hybridized carbons (Fsp3) is 0.412. The van der Waals surface area contributed by atoms with Crippen LogP contribution in [-0.2, 0) is 0 Å². The Morgan fingerprint density at radius 1 is 1.24 bits per heavy atom. The number of aromatic nitrogens is 1. The molecular formula is C17H21BrN2O. The summed E-state index contributed by atoms with van der Waals surface area (Å²) in [7, 11) is 0. The zero-order chi connectivity index (χ0) is 15.5. The lowest BCUT2D eigenvalue weighted by Crippen LogP contribution is -2.44. The van der Waals surface area contributed by atoms with Gasteiger partial charge >= 0.3 is 0 Å². The molecular weight excluding hydrogens is 328 g/mol. The molecule has 1 heterocycles. The van der Waals surface area contributed by atoms with Crippen molar-refractivity contribution in [3.63, 3.8) is 0 Å². The Hall–Kier alpha value is -1.42. The number of nitrogens with one attached hydrogen (secondary N) is 1. The monoisotopic (exact) mass is 348 g/mol. The zero-order valence-electron chi connectivity index (χ0n) is 12.7. The van der Waals surface area contributed by atoms with Crippen LogP contribution in [0.5, 0.6) is 0 Å². The lowest BCUT2D eigenvalue weighted by atomic mass is 9.85. The Balaban J connectivity index is 2.21. The van der Waals surface area contributed by atoms with E-state index in [9.17, 15) is 4.79 Å². The van der Waals surface area contributed by atoms with Crippen molar-refractivity contribution < 1.29 is 4.79 Å². The van der Waals surface area contributed by atoms with E-state index in [1.54, 1.807) is 6.07 Å².